The molecule has 1 atom stereocenters. The van der Waals surface area contributed by atoms with E-state index < -0.39 is 0 Å². The Balaban J connectivity index is 1.93. The summed E-state index contributed by atoms with van der Waals surface area (Å²) in [5.41, 5.74) is 1.07. The monoisotopic (exact) mass is 361 g/mol. The molecule has 0 spiro atoms. The fourth-order valence-corrected chi connectivity index (χ4v) is 3.65. The summed E-state index contributed by atoms with van der Waals surface area (Å²) in [6, 6.07) is 0. The number of hydrogen-bond acceptors (Lipinski definition) is 5. The number of hydrogen-bond donors (Lipinski definition) is 0. The van der Waals surface area contributed by atoms with Gasteiger partial charge in [0.25, 0.3) is 5.56 Å². The summed E-state index contributed by atoms with van der Waals surface area (Å²) < 4.78 is 17.2. The summed E-state index contributed by atoms with van der Waals surface area (Å²) in [7, 11) is 3.18. The predicted molar refractivity (Wildman–Crippen MR) is 95.8 cm³/mol. The van der Waals surface area contributed by atoms with Gasteiger partial charge in [0, 0.05) is 32.7 Å². The van der Waals surface area contributed by atoms with E-state index in [1.165, 1.54) is 9.13 Å². The smallest absolute Gasteiger partial charge is 0.332 e. The van der Waals surface area contributed by atoms with Crippen LogP contribution in [0.15, 0.2) is 15.8 Å². The Morgan fingerprint density at radius 1 is 1.35 bits per heavy atom. The molecule has 1 fully saturated rings. The van der Waals surface area contributed by atoms with Gasteiger partial charge in [0.1, 0.15) is 0 Å². The van der Waals surface area contributed by atoms with E-state index in [1.807, 2.05) is 13.1 Å². The second-order valence-electron chi connectivity index (χ2n) is 6.76. The van der Waals surface area contributed by atoms with Gasteiger partial charge >= 0.3 is 5.69 Å². The van der Waals surface area contributed by atoms with Gasteiger partial charge in [-0.15, -0.1) is 0 Å². The van der Waals surface area contributed by atoms with Crippen LogP contribution in [0.4, 0.5) is 0 Å². The summed E-state index contributed by atoms with van der Waals surface area (Å²) in [6.07, 6.45) is 4.14. The molecule has 1 aliphatic rings. The molecule has 0 radical (unpaired) electrons. The molecular formula is C17H23N5O4. The lowest BCUT2D eigenvalue weighted by atomic mass is 10.2. The molecule has 4 heterocycles. The maximum Gasteiger partial charge on any atom is 0.332 e. The quantitative estimate of drug-likeness (QED) is 0.652. The van der Waals surface area contributed by atoms with E-state index >= 15 is 0 Å². The fraction of sp³-hybridized carbons (Fsp3) is 0.588. The lowest BCUT2D eigenvalue weighted by Gasteiger charge is -2.11. The lowest BCUT2D eigenvalue weighted by molar-refractivity contribution is 0.0974. The molecule has 4 rings (SSSR count). The summed E-state index contributed by atoms with van der Waals surface area (Å²) in [5.74, 6) is 0.657. The minimum Gasteiger partial charge on any atom is -0.383 e. The van der Waals surface area contributed by atoms with Crippen LogP contribution in [0.25, 0.3) is 16.9 Å². The molecule has 3 aromatic rings. The molecular weight excluding hydrogens is 338 g/mol. The Morgan fingerprint density at radius 3 is 2.85 bits per heavy atom. The summed E-state index contributed by atoms with van der Waals surface area (Å²) in [5, 5.41) is 0. The molecule has 0 bridgehead atoms. The van der Waals surface area contributed by atoms with E-state index in [2.05, 4.69) is 9.55 Å². The molecule has 26 heavy (non-hydrogen) atoms. The van der Waals surface area contributed by atoms with Crippen molar-refractivity contribution >= 4 is 16.9 Å². The number of imidazole rings is 2. The van der Waals surface area contributed by atoms with E-state index in [9.17, 15) is 9.59 Å². The summed E-state index contributed by atoms with van der Waals surface area (Å²) in [6.45, 7) is 3.97. The fourth-order valence-electron chi connectivity index (χ4n) is 3.65. The minimum absolute atomic E-state index is 0.159. The van der Waals surface area contributed by atoms with E-state index in [0.717, 1.165) is 25.1 Å². The van der Waals surface area contributed by atoms with Gasteiger partial charge < -0.3 is 14.0 Å². The molecule has 140 valence electrons. The Hall–Kier alpha value is -2.39. The first-order chi connectivity index (χ1) is 12.5. The Labute approximate surface area is 149 Å². The molecule has 1 aliphatic heterocycles. The molecule has 0 aliphatic carbocycles. The van der Waals surface area contributed by atoms with Crippen molar-refractivity contribution < 1.29 is 9.47 Å². The van der Waals surface area contributed by atoms with Crippen molar-refractivity contribution in [2.45, 2.75) is 39.0 Å². The number of aryl methyl sites for hydroxylation is 2. The van der Waals surface area contributed by atoms with Gasteiger partial charge in [0.05, 0.1) is 25.8 Å². The van der Waals surface area contributed by atoms with Crippen molar-refractivity contribution in [3.63, 3.8) is 0 Å². The van der Waals surface area contributed by atoms with E-state index in [1.54, 1.807) is 18.6 Å². The van der Waals surface area contributed by atoms with Crippen LogP contribution in [0.1, 0.15) is 18.5 Å². The van der Waals surface area contributed by atoms with Crippen LogP contribution in [-0.4, -0.2) is 49.5 Å². The normalized spacial score (nSPS) is 17.7. The highest BCUT2D eigenvalue weighted by molar-refractivity contribution is 5.75. The molecule has 3 aromatic heterocycles. The number of fused-ring (bicyclic) bond motifs is 3. The Bertz CT molecular complexity index is 1080. The number of rotatable bonds is 5. The molecule has 0 amide bonds. The first-order valence-electron chi connectivity index (χ1n) is 8.81. The van der Waals surface area contributed by atoms with E-state index in [4.69, 9.17) is 9.47 Å². The largest absolute Gasteiger partial charge is 0.383 e. The highest BCUT2D eigenvalue weighted by Gasteiger charge is 2.23. The van der Waals surface area contributed by atoms with Crippen molar-refractivity contribution in [1.82, 2.24) is 23.1 Å². The van der Waals surface area contributed by atoms with Gasteiger partial charge in [-0.3, -0.25) is 18.3 Å². The molecule has 9 nitrogen and oxygen atoms in total. The van der Waals surface area contributed by atoms with E-state index in [0.29, 0.717) is 30.1 Å². The zero-order valence-corrected chi connectivity index (χ0v) is 15.3. The number of nitrogens with zero attached hydrogens (tertiary/aromatic N) is 5. The van der Waals surface area contributed by atoms with Gasteiger partial charge in [-0.25, -0.2) is 4.79 Å². The van der Waals surface area contributed by atoms with Crippen LogP contribution in [0.5, 0.6) is 0 Å². The molecule has 1 unspecified atom stereocenters. The van der Waals surface area contributed by atoms with Crippen molar-refractivity contribution in [1.29, 1.82) is 0 Å². The van der Waals surface area contributed by atoms with Crippen LogP contribution >= 0.6 is 0 Å². The molecule has 0 N–H and O–H groups in total. The van der Waals surface area contributed by atoms with Crippen LogP contribution in [0.2, 0.25) is 0 Å². The molecule has 0 saturated carbocycles. The third kappa shape index (κ3) is 2.50. The van der Waals surface area contributed by atoms with Crippen LogP contribution in [0, 0.1) is 6.92 Å². The topological polar surface area (TPSA) is 84.7 Å². The van der Waals surface area contributed by atoms with Gasteiger partial charge in [0.2, 0.25) is 5.78 Å². The second kappa shape index (κ2) is 6.40. The maximum atomic E-state index is 12.9. The second-order valence-corrected chi connectivity index (χ2v) is 6.76. The number of ether oxygens (including phenoxy) is 2. The highest BCUT2D eigenvalue weighted by Crippen LogP contribution is 2.20. The number of methoxy groups -OCH3 is 1. The van der Waals surface area contributed by atoms with Gasteiger partial charge in [-0.2, -0.15) is 4.98 Å². The first-order valence-corrected chi connectivity index (χ1v) is 8.81. The lowest BCUT2D eigenvalue weighted by Crippen LogP contribution is -2.40. The van der Waals surface area contributed by atoms with Crippen molar-refractivity contribution in [3.8, 4) is 0 Å². The maximum absolute atomic E-state index is 12.9. The Morgan fingerprint density at radius 2 is 2.15 bits per heavy atom. The zero-order valence-electron chi connectivity index (χ0n) is 15.3. The summed E-state index contributed by atoms with van der Waals surface area (Å²) >= 11 is 0. The standard InChI is InChI=1S/C17H23N5O4/c1-11-9-22-13-14(18-16(22)21(11)10-12-5-4-7-26-12)19(2)17(24)20(15(13)23)6-8-25-3/h9,12H,4-8,10H2,1-3H3. The van der Waals surface area contributed by atoms with Crippen LogP contribution < -0.4 is 11.2 Å². The third-order valence-corrected chi connectivity index (χ3v) is 5.07. The molecule has 1 saturated heterocycles. The SMILES string of the molecule is COCCn1c(=O)c2c(nc3n(CC4CCCO4)c(C)cn23)n(C)c1=O. The average Bonchev–Trinajstić information content (AvgIpc) is 3.31. The first kappa shape index (κ1) is 17.0. The van der Waals surface area contributed by atoms with Crippen molar-refractivity contribution in [2.24, 2.45) is 7.05 Å². The highest BCUT2D eigenvalue weighted by atomic mass is 16.5. The Kier molecular flexibility index (Phi) is 4.20. The zero-order chi connectivity index (χ0) is 18.4. The van der Waals surface area contributed by atoms with E-state index in [-0.39, 0.29) is 23.9 Å². The van der Waals surface area contributed by atoms with Gasteiger partial charge in [-0.05, 0) is 19.8 Å². The molecule has 0 aromatic carbocycles. The summed E-state index contributed by atoms with van der Waals surface area (Å²) in [4.78, 5) is 30.1. The van der Waals surface area contributed by atoms with Crippen molar-refractivity contribution in [3.05, 3.63) is 32.7 Å². The van der Waals surface area contributed by atoms with Crippen LogP contribution in [-0.2, 0) is 29.6 Å². The minimum atomic E-state index is -0.386. The predicted octanol–water partition coefficient (Wildman–Crippen LogP) is 0.283. The average molecular weight is 361 g/mol. The number of aromatic nitrogens is 5. The molecule has 9 heteroatoms. The van der Waals surface area contributed by atoms with Gasteiger partial charge in [-0.1, -0.05) is 0 Å². The third-order valence-electron chi connectivity index (χ3n) is 5.07. The van der Waals surface area contributed by atoms with Crippen molar-refractivity contribution in [2.75, 3.05) is 20.3 Å². The van der Waals surface area contributed by atoms with Gasteiger partial charge in [0.15, 0.2) is 11.2 Å². The van der Waals surface area contributed by atoms with Crippen LogP contribution in [0.3, 0.4) is 0 Å².